The van der Waals surface area contributed by atoms with Crippen molar-refractivity contribution in [1.29, 1.82) is 0 Å². The molecule has 7 heteroatoms. The van der Waals surface area contributed by atoms with Crippen LogP contribution in [0.5, 0.6) is 0 Å². The van der Waals surface area contributed by atoms with Gasteiger partial charge >= 0.3 is 0 Å². The van der Waals surface area contributed by atoms with Crippen molar-refractivity contribution in [3.05, 3.63) is 44.7 Å². The van der Waals surface area contributed by atoms with E-state index in [9.17, 15) is 4.79 Å². The number of anilines is 1. The molecule has 0 unspecified atom stereocenters. The molecule has 2 aromatic rings. The van der Waals surface area contributed by atoms with Gasteiger partial charge in [-0.05, 0) is 24.7 Å². The molecule has 0 amide bonds. The van der Waals surface area contributed by atoms with Gasteiger partial charge in [-0.2, -0.15) is 0 Å². The Bertz CT molecular complexity index is 644. The Labute approximate surface area is 123 Å². The van der Waals surface area contributed by atoms with Crippen LogP contribution in [0.1, 0.15) is 5.56 Å². The Kier molecular flexibility index (Phi) is 4.62. The minimum Gasteiger partial charge on any atom is -0.383 e. The molecule has 0 radical (unpaired) electrons. The number of aromatic amines is 1. The SMILES string of the molecule is CNCc1ccc(Sc2nc(N)cc(=O)[nH]2)cc1Br. The monoisotopic (exact) mass is 340 g/mol. The molecule has 0 atom stereocenters. The highest BCUT2D eigenvalue weighted by Gasteiger charge is 2.05. The van der Waals surface area contributed by atoms with Gasteiger partial charge in [0.15, 0.2) is 5.16 Å². The molecule has 0 aliphatic rings. The maximum atomic E-state index is 11.3. The summed E-state index contributed by atoms with van der Waals surface area (Å²) in [7, 11) is 1.90. The molecule has 0 fully saturated rings. The minimum atomic E-state index is -0.249. The first-order valence-electron chi connectivity index (χ1n) is 5.56. The van der Waals surface area contributed by atoms with E-state index in [0.29, 0.717) is 5.16 Å². The fourth-order valence-corrected chi connectivity index (χ4v) is 3.05. The van der Waals surface area contributed by atoms with Crippen LogP contribution in [0.15, 0.2) is 43.6 Å². The van der Waals surface area contributed by atoms with Crippen molar-refractivity contribution in [2.75, 3.05) is 12.8 Å². The second kappa shape index (κ2) is 6.23. The van der Waals surface area contributed by atoms with E-state index in [1.54, 1.807) is 0 Å². The van der Waals surface area contributed by atoms with Gasteiger partial charge in [0.2, 0.25) is 0 Å². The molecular weight excluding hydrogens is 328 g/mol. The van der Waals surface area contributed by atoms with E-state index in [1.807, 2.05) is 25.2 Å². The molecule has 0 saturated carbocycles. The molecule has 5 nitrogen and oxygen atoms in total. The van der Waals surface area contributed by atoms with Crippen molar-refractivity contribution in [1.82, 2.24) is 15.3 Å². The van der Waals surface area contributed by atoms with E-state index in [1.165, 1.54) is 23.4 Å². The molecule has 4 N–H and O–H groups in total. The number of aromatic nitrogens is 2. The van der Waals surface area contributed by atoms with Crippen LogP contribution in [0.2, 0.25) is 0 Å². The van der Waals surface area contributed by atoms with Gasteiger partial charge < -0.3 is 16.0 Å². The van der Waals surface area contributed by atoms with Crippen molar-refractivity contribution in [2.45, 2.75) is 16.6 Å². The second-order valence-corrected chi connectivity index (χ2v) is 5.78. The molecule has 1 heterocycles. The van der Waals surface area contributed by atoms with E-state index in [4.69, 9.17) is 5.73 Å². The molecule has 1 aromatic carbocycles. The highest BCUT2D eigenvalue weighted by molar-refractivity contribution is 9.10. The van der Waals surface area contributed by atoms with Gasteiger partial charge in [0.25, 0.3) is 5.56 Å². The number of nitrogens with two attached hydrogens (primary N) is 1. The summed E-state index contributed by atoms with van der Waals surface area (Å²) in [5.41, 5.74) is 6.46. The third kappa shape index (κ3) is 3.82. The molecule has 100 valence electrons. The number of nitrogen functional groups attached to an aromatic ring is 1. The summed E-state index contributed by atoms with van der Waals surface area (Å²) in [5.74, 6) is 0.220. The van der Waals surface area contributed by atoms with Gasteiger partial charge in [-0.1, -0.05) is 33.8 Å². The van der Waals surface area contributed by atoms with Crippen molar-refractivity contribution in [3.63, 3.8) is 0 Å². The number of rotatable bonds is 4. The summed E-state index contributed by atoms with van der Waals surface area (Å²) >= 11 is 4.88. The highest BCUT2D eigenvalue weighted by atomic mass is 79.9. The summed E-state index contributed by atoms with van der Waals surface area (Å²) in [6.07, 6.45) is 0. The van der Waals surface area contributed by atoms with Crippen molar-refractivity contribution in [2.24, 2.45) is 0 Å². The Morgan fingerprint density at radius 3 is 2.89 bits per heavy atom. The summed E-state index contributed by atoms with van der Waals surface area (Å²) < 4.78 is 1.01. The molecule has 0 spiro atoms. The third-order valence-corrected chi connectivity index (χ3v) is 3.96. The number of H-pyrrole nitrogens is 1. The van der Waals surface area contributed by atoms with Gasteiger partial charge in [0.05, 0.1) is 0 Å². The van der Waals surface area contributed by atoms with Gasteiger partial charge in [0, 0.05) is 22.0 Å². The van der Waals surface area contributed by atoms with Crippen LogP contribution in [-0.2, 0) is 6.54 Å². The fourth-order valence-electron chi connectivity index (χ4n) is 1.54. The van der Waals surface area contributed by atoms with Gasteiger partial charge in [-0.15, -0.1) is 0 Å². The molecule has 0 aliphatic heterocycles. The lowest BCUT2D eigenvalue weighted by Crippen LogP contribution is -2.09. The largest absolute Gasteiger partial charge is 0.383 e. The van der Waals surface area contributed by atoms with Crippen LogP contribution in [0, 0.1) is 0 Å². The lowest BCUT2D eigenvalue weighted by Gasteiger charge is -2.06. The molecule has 1 aromatic heterocycles. The van der Waals surface area contributed by atoms with Crippen LogP contribution in [0.25, 0.3) is 0 Å². The molecule has 0 bridgehead atoms. The lowest BCUT2D eigenvalue weighted by molar-refractivity contribution is 0.813. The van der Waals surface area contributed by atoms with Crippen molar-refractivity contribution < 1.29 is 0 Å². The van der Waals surface area contributed by atoms with Crippen LogP contribution >= 0.6 is 27.7 Å². The van der Waals surface area contributed by atoms with Crippen LogP contribution in [0.4, 0.5) is 5.82 Å². The quantitative estimate of drug-likeness (QED) is 0.741. The Morgan fingerprint density at radius 1 is 1.47 bits per heavy atom. The Balaban J connectivity index is 2.23. The number of halogens is 1. The zero-order chi connectivity index (χ0) is 13.8. The summed E-state index contributed by atoms with van der Waals surface area (Å²) in [6, 6.07) is 7.25. The van der Waals surface area contributed by atoms with Crippen molar-refractivity contribution in [3.8, 4) is 0 Å². The normalized spacial score (nSPS) is 10.6. The zero-order valence-electron chi connectivity index (χ0n) is 10.2. The molecular formula is C12H13BrN4OS. The number of hydrogen-bond donors (Lipinski definition) is 3. The van der Waals surface area contributed by atoms with E-state index in [2.05, 4.69) is 31.2 Å². The summed E-state index contributed by atoms with van der Waals surface area (Å²) in [4.78, 5) is 19.0. The third-order valence-electron chi connectivity index (χ3n) is 2.35. The van der Waals surface area contributed by atoms with Gasteiger partial charge in [-0.25, -0.2) is 4.98 Å². The second-order valence-electron chi connectivity index (χ2n) is 3.86. The number of benzene rings is 1. The predicted molar refractivity (Wildman–Crippen MR) is 80.3 cm³/mol. The molecule has 0 aliphatic carbocycles. The highest BCUT2D eigenvalue weighted by Crippen LogP contribution is 2.28. The average molecular weight is 341 g/mol. The number of nitrogens with one attached hydrogen (secondary N) is 2. The van der Waals surface area contributed by atoms with Crippen molar-refractivity contribution >= 4 is 33.5 Å². The van der Waals surface area contributed by atoms with E-state index in [0.717, 1.165) is 15.9 Å². The van der Waals surface area contributed by atoms with Crippen LogP contribution < -0.4 is 16.6 Å². The number of nitrogens with zero attached hydrogens (tertiary/aromatic N) is 1. The number of hydrogen-bond acceptors (Lipinski definition) is 5. The average Bonchev–Trinajstić information content (AvgIpc) is 2.31. The topological polar surface area (TPSA) is 83.8 Å². The predicted octanol–water partition coefficient (Wildman–Crippen LogP) is 1.99. The maximum absolute atomic E-state index is 11.3. The molecule has 2 rings (SSSR count). The van der Waals surface area contributed by atoms with E-state index < -0.39 is 0 Å². The standard InChI is InChI=1S/C12H13BrN4OS/c1-15-6-7-2-3-8(4-9(7)13)19-12-16-10(14)5-11(18)17-12/h2-5,15H,6H2,1H3,(H3,14,16,17,18). The van der Waals surface area contributed by atoms with E-state index in [-0.39, 0.29) is 11.4 Å². The molecule has 19 heavy (non-hydrogen) atoms. The Hall–Kier alpha value is -1.31. The lowest BCUT2D eigenvalue weighted by atomic mass is 10.2. The first-order valence-corrected chi connectivity index (χ1v) is 7.17. The van der Waals surface area contributed by atoms with Crippen LogP contribution in [0.3, 0.4) is 0 Å². The first-order chi connectivity index (χ1) is 9.08. The molecule has 0 saturated heterocycles. The minimum absolute atomic E-state index is 0.220. The fraction of sp³-hybridized carbons (Fsp3) is 0.167. The van der Waals surface area contributed by atoms with Crippen LogP contribution in [-0.4, -0.2) is 17.0 Å². The first kappa shape index (κ1) is 14.1. The Morgan fingerprint density at radius 2 is 2.26 bits per heavy atom. The van der Waals surface area contributed by atoms with E-state index >= 15 is 0 Å². The zero-order valence-corrected chi connectivity index (χ0v) is 12.6. The summed E-state index contributed by atoms with van der Waals surface area (Å²) in [6.45, 7) is 0.791. The maximum Gasteiger partial charge on any atom is 0.253 e. The van der Waals surface area contributed by atoms with Gasteiger partial charge in [0.1, 0.15) is 5.82 Å². The van der Waals surface area contributed by atoms with Gasteiger partial charge in [-0.3, -0.25) is 4.79 Å². The summed E-state index contributed by atoms with van der Waals surface area (Å²) in [5, 5.41) is 3.58. The smallest absolute Gasteiger partial charge is 0.253 e.